The van der Waals surface area contributed by atoms with Crippen molar-refractivity contribution in [1.29, 1.82) is 0 Å². The van der Waals surface area contributed by atoms with Crippen LogP contribution in [-0.4, -0.2) is 31.1 Å². The van der Waals surface area contributed by atoms with E-state index >= 15 is 0 Å². The third-order valence-corrected chi connectivity index (χ3v) is 6.32. The van der Waals surface area contributed by atoms with Crippen LogP contribution < -0.4 is 4.74 Å². The van der Waals surface area contributed by atoms with Gasteiger partial charge in [-0.05, 0) is 24.3 Å². The molecular formula is C16H13F3N2O3S2. The van der Waals surface area contributed by atoms with E-state index in [0.717, 1.165) is 26.7 Å². The first-order chi connectivity index (χ1) is 12.2. The summed E-state index contributed by atoms with van der Waals surface area (Å²) >= 11 is 1.32. The number of ether oxygens (including phenoxy) is 1. The number of alkyl halides is 3. The number of sulfonamides is 1. The van der Waals surface area contributed by atoms with E-state index in [1.54, 1.807) is 6.07 Å². The van der Waals surface area contributed by atoms with Gasteiger partial charge in [-0.1, -0.05) is 24.3 Å². The van der Waals surface area contributed by atoms with Gasteiger partial charge in [0.1, 0.15) is 15.7 Å². The van der Waals surface area contributed by atoms with Gasteiger partial charge in [-0.3, -0.25) is 0 Å². The van der Waals surface area contributed by atoms with Crippen LogP contribution in [0, 0.1) is 0 Å². The minimum absolute atomic E-state index is 0.0674. The Labute approximate surface area is 151 Å². The number of thiazole rings is 1. The van der Waals surface area contributed by atoms with Crippen molar-refractivity contribution in [3.05, 3.63) is 53.5 Å². The van der Waals surface area contributed by atoms with Crippen molar-refractivity contribution in [1.82, 2.24) is 9.29 Å². The molecule has 0 N–H and O–H groups in total. The minimum Gasteiger partial charge on any atom is -0.404 e. The zero-order valence-corrected chi connectivity index (χ0v) is 15.0. The number of halogens is 3. The van der Waals surface area contributed by atoms with E-state index in [2.05, 4.69) is 9.72 Å². The van der Waals surface area contributed by atoms with Crippen molar-refractivity contribution in [2.24, 2.45) is 0 Å². The van der Waals surface area contributed by atoms with Gasteiger partial charge in [-0.15, -0.1) is 24.5 Å². The zero-order chi connectivity index (χ0) is 18.9. The summed E-state index contributed by atoms with van der Waals surface area (Å²) in [5.74, 6) is -0.767. The highest BCUT2D eigenvalue weighted by molar-refractivity contribution is 7.89. The summed E-state index contributed by atoms with van der Waals surface area (Å²) in [5.41, 5.74) is 0.735. The molecule has 138 valence electrons. The van der Waals surface area contributed by atoms with E-state index in [1.807, 2.05) is 18.2 Å². The lowest BCUT2D eigenvalue weighted by molar-refractivity contribution is -0.275. The van der Waals surface area contributed by atoms with Crippen LogP contribution >= 0.6 is 11.3 Å². The zero-order valence-electron chi connectivity index (χ0n) is 13.4. The summed E-state index contributed by atoms with van der Waals surface area (Å²) < 4.78 is 68.7. The number of rotatable bonds is 5. The summed E-state index contributed by atoms with van der Waals surface area (Å²) in [4.78, 5) is 3.79. The maximum absolute atomic E-state index is 12.7. The molecule has 0 atom stereocenters. The van der Waals surface area contributed by atoms with Crippen molar-refractivity contribution < 1.29 is 26.3 Å². The van der Waals surface area contributed by atoms with Crippen LogP contribution in [0.3, 0.4) is 0 Å². The normalized spacial score (nSPS) is 12.7. The standard InChI is InChI=1S/C16H13F3N2O3S2/c1-21(10-15-20-11-6-2-4-8-13(11)25-15)26(22,23)14-9-5-3-7-12(14)24-16(17,18)19/h2-9H,10H2,1H3. The van der Waals surface area contributed by atoms with Crippen LogP contribution in [0.15, 0.2) is 53.4 Å². The first-order valence-corrected chi connectivity index (χ1v) is 9.58. The first kappa shape index (κ1) is 18.6. The van der Waals surface area contributed by atoms with Crippen LogP contribution in [0.4, 0.5) is 13.2 Å². The molecule has 0 radical (unpaired) electrons. The number of nitrogens with zero attached hydrogens (tertiary/aromatic N) is 2. The fourth-order valence-electron chi connectivity index (χ4n) is 2.30. The molecule has 0 aliphatic rings. The third kappa shape index (κ3) is 3.97. The summed E-state index contributed by atoms with van der Waals surface area (Å²) in [5, 5.41) is 0.534. The van der Waals surface area contributed by atoms with E-state index in [0.29, 0.717) is 5.01 Å². The number of para-hydroxylation sites is 2. The molecule has 10 heteroatoms. The van der Waals surface area contributed by atoms with Gasteiger partial charge >= 0.3 is 6.36 Å². The molecule has 0 amide bonds. The molecule has 1 heterocycles. The average molecular weight is 402 g/mol. The summed E-state index contributed by atoms with van der Waals surface area (Å²) in [7, 11) is -2.92. The van der Waals surface area contributed by atoms with Crippen molar-refractivity contribution in [3.8, 4) is 5.75 Å². The molecule has 0 saturated heterocycles. The molecule has 0 fully saturated rings. The maximum atomic E-state index is 12.7. The quantitative estimate of drug-likeness (QED) is 0.647. The van der Waals surface area contributed by atoms with Gasteiger partial charge in [-0.2, -0.15) is 4.31 Å². The highest BCUT2D eigenvalue weighted by Crippen LogP contribution is 2.32. The van der Waals surface area contributed by atoms with E-state index in [4.69, 9.17) is 0 Å². The fraction of sp³-hybridized carbons (Fsp3) is 0.188. The lowest BCUT2D eigenvalue weighted by Crippen LogP contribution is -2.28. The lowest BCUT2D eigenvalue weighted by atomic mass is 10.3. The number of benzene rings is 2. The molecule has 0 bridgehead atoms. The Morgan fingerprint density at radius 2 is 1.77 bits per heavy atom. The van der Waals surface area contributed by atoms with Crippen LogP contribution in [0.2, 0.25) is 0 Å². The fourth-order valence-corrected chi connectivity index (χ4v) is 4.65. The van der Waals surface area contributed by atoms with Gasteiger partial charge in [-0.25, -0.2) is 13.4 Å². The van der Waals surface area contributed by atoms with E-state index in [-0.39, 0.29) is 6.54 Å². The van der Waals surface area contributed by atoms with Crippen LogP contribution in [-0.2, 0) is 16.6 Å². The van der Waals surface area contributed by atoms with Gasteiger partial charge in [0.05, 0.1) is 16.8 Å². The molecule has 26 heavy (non-hydrogen) atoms. The Morgan fingerprint density at radius 3 is 2.46 bits per heavy atom. The molecule has 0 aliphatic heterocycles. The average Bonchev–Trinajstić information content (AvgIpc) is 2.95. The first-order valence-electron chi connectivity index (χ1n) is 7.32. The maximum Gasteiger partial charge on any atom is 0.573 e. The third-order valence-electron chi connectivity index (χ3n) is 3.46. The summed E-state index contributed by atoms with van der Waals surface area (Å²) in [6, 6.07) is 12.0. The smallest absolute Gasteiger partial charge is 0.404 e. The Bertz CT molecular complexity index is 999. The second-order valence-corrected chi connectivity index (χ2v) is 8.46. The summed E-state index contributed by atoms with van der Waals surface area (Å²) in [6.45, 7) is -0.0674. The predicted molar refractivity (Wildman–Crippen MR) is 91.4 cm³/mol. The number of fused-ring (bicyclic) bond motifs is 1. The molecule has 5 nitrogen and oxygen atoms in total. The van der Waals surface area contributed by atoms with E-state index < -0.39 is 27.0 Å². The minimum atomic E-state index is -4.99. The largest absolute Gasteiger partial charge is 0.573 e. The Morgan fingerprint density at radius 1 is 1.12 bits per heavy atom. The molecule has 3 rings (SSSR count). The lowest BCUT2D eigenvalue weighted by Gasteiger charge is -2.19. The Balaban J connectivity index is 1.90. The van der Waals surface area contributed by atoms with E-state index in [9.17, 15) is 21.6 Å². The molecule has 0 saturated carbocycles. The number of hydrogen-bond donors (Lipinski definition) is 0. The SMILES string of the molecule is CN(Cc1nc2ccccc2s1)S(=O)(=O)c1ccccc1OC(F)(F)F. The van der Waals surface area contributed by atoms with Crippen molar-refractivity contribution >= 4 is 31.6 Å². The Kier molecular flexibility index (Phi) is 4.91. The summed E-state index contributed by atoms with van der Waals surface area (Å²) in [6.07, 6.45) is -4.99. The van der Waals surface area contributed by atoms with Crippen LogP contribution in [0.25, 0.3) is 10.2 Å². The highest BCUT2D eigenvalue weighted by Gasteiger charge is 2.35. The molecule has 1 aromatic heterocycles. The monoisotopic (exact) mass is 402 g/mol. The molecule has 0 spiro atoms. The predicted octanol–water partition coefficient (Wildman–Crippen LogP) is 4.02. The second kappa shape index (κ2) is 6.86. The second-order valence-electron chi connectivity index (χ2n) is 5.33. The topological polar surface area (TPSA) is 59.5 Å². The van der Waals surface area contributed by atoms with Crippen LogP contribution in [0.1, 0.15) is 5.01 Å². The van der Waals surface area contributed by atoms with Gasteiger partial charge in [0, 0.05) is 7.05 Å². The van der Waals surface area contributed by atoms with Gasteiger partial charge in [0.25, 0.3) is 0 Å². The Hall–Kier alpha value is -2.17. The van der Waals surface area contributed by atoms with Crippen molar-refractivity contribution in [2.75, 3.05) is 7.05 Å². The molecular weight excluding hydrogens is 389 g/mol. The molecule has 0 unspecified atom stereocenters. The van der Waals surface area contributed by atoms with Gasteiger partial charge in [0.2, 0.25) is 10.0 Å². The highest BCUT2D eigenvalue weighted by atomic mass is 32.2. The van der Waals surface area contributed by atoms with Gasteiger partial charge < -0.3 is 4.74 Å². The van der Waals surface area contributed by atoms with Crippen LogP contribution in [0.5, 0.6) is 5.75 Å². The van der Waals surface area contributed by atoms with Gasteiger partial charge in [0.15, 0.2) is 0 Å². The van der Waals surface area contributed by atoms with Crippen molar-refractivity contribution in [2.45, 2.75) is 17.8 Å². The molecule has 2 aromatic carbocycles. The number of hydrogen-bond acceptors (Lipinski definition) is 5. The molecule has 0 aliphatic carbocycles. The molecule has 3 aromatic rings. The number of aromatic nitrogens is 1. The van der Waals surface area contributed by atoms with E-state index in [1.165, 1.54) is 30.5 Å². The van der Waals surface area contributed by atoms with Crippen molar-refractivity contribution in [3.63, 3.8) is 0 Å².